The van der Waals surface area contributed by atoms with E-state index in [0.717, 1.165) is 16.3 Å². The molecule has 7 heteroatoms. The lowest BCUT2D eigenvalue weighted by Gasteiger charge is -2.27. The van der Waals surface area contributed by atoms with Crippen LogP contribution in [0.1, 0.15) is 33.5 Å². The fraction of sp³-hybridized carbons (Fsp3) is 0.150. The van der Waals surface area contributed by atoms with Gasteiger partial charge in [-0.25, -0.2) is 0 Å². The Balaban J connectivity index is 1.50. The molecule has 2 aliphatic rings. The zero-order valence-electron chi connectivity index (χ0n) is 14.2. The van der Waals surface area contributed by atoms with Gasteiger partial charge in [0.2, 0.25) is 0 Å². The molecule has 1 aromatic carbocycles. The number of para-hydroxylation sites is 1. The topological polar surface area (TPSA) is 66.1 Å². The molecule has 27 heavy (non-hydrogen) atoms. The molecule has 134 valence electrons. The van der Waals surface area contributed by atoms with Gasteiger partial charge in [-0.2, -0.15) is 5.10 Å². The van der Waals surface area contributed by atoms with Gasteiger partial charge < -0.3 is 4.42 Å². The third-order valence-corrected chi connectivity index (χ3v) is 5.76. The highest BCUT2D eigenvalue weighted by atomic mass is 32.1. The van der Waals surface area contributed by atoms with Gasteiger partial charge in [0, 0.05) is 6.42 Å². The van der Waals surface area contributed by atoms with E-state index in [-0.39, 0.29) is 12.7 Å². The first-order chi connectivity index (χ1) is 13.2. The minimum atomic E-state index is -0.519. The van der Waals surface area contributed by atoms with Gasteiger partial charge in [-0.15, -0.1) is 11.3 Å². The number of Topliss-reactive ketones (excluding diaryl/α,β-unsaturated/α-hetero) is 1. The molecule has 1 amide bonds. The second-order valence-corrected chi connectivity index (χ2v) is 7.37. The molecule has 0 fully saturated rings. The number of rotatable bonds is 4. The van der Waals surface area contributed by atoms with Crippen LogP contribution in [0.2, 0.25) is 0 Å². The molecular weight excluding hydrogens is 362 g/mol. The highest BCUT2D eigenvalue weighted by Gasteiger charge is 2.39. The number of anilines is 1. The van der Waals surface area contributed by atoms with E-state index in [0.29, 0.717) is 17.7 Å². The number of thiophene rings is 1. The second-order valence-electron chi connectivity index (χ2n) is 6.42. The van der Waals surface area contributed by atoms with Crippen LogP contribution in [0.5, 0.6) is 0 Å². The lowest BCUT2D eigenvalue weighted by molar-refractivity contribution is -0.114. The fourth-order valence-corrected chi connectivity index (χ4v) is 4.26. The fourth-order valence-electron chi connectivity index (χ4n) is 3.54. The monoisotopic (exact) mass is 377 g/mol. The van der Waals surface area contributed by atoms with Crippen LogP contribution >= 0.6 is 11.3 Å². The number of carbonyl (C=O) groups excluding carboxylic acids is 2. The van der Waals surface area contributed by atoms with Gasteiger partial charge in [0.25, 0.3) is 5.78 Å². The number of benzene rings is 1. The molecule has 2 aromatic heterocycles. The third kappa shape index (κ3) is 2.59. The third-order valence-electron chi connectivity index (χ3n) is 4.84. The van der Waals surface area contributed by atoms with Crippen LogP contribution in [-0.2, 0) is 4.79 Å². The number of amides is 1. The number of hydrazone groups is 1. The van der Waals surface area contributed by atoms with Crippen LogP contribution < -0.4 is 4.90 Å². The van der Waals surface area contributed by atoms with Gasteiger partial charge in [-0.05, 0) is 35.7 Å². The summed E-state index contributed by atoms with van der Waals surface area (Å²) < 4.78 is 5.61. The number of ketones is 1. The number of carbonyl (C=O) groups is 2. The van der Waals surface area contributed by atoms with Crippen molar-refractivity contribution in [2.75, 3.05) is 11.6 Å². The molecule has 0 spiro atoms. The Labute approximate surface area is 159 Å². The predicted octanol–water partition coefficient (Wildman–Crippen LogP) is 3.68. The van der Waals surface area contributed by atoms with E-state index >= 15 is 0 Å². The minimum Gasteiger partial charge on any atom is -0.467 e. The van der Waals surface area contributed by atoms with Crippen LogP contribution in [0.25, 0.3) is 0 Å². The molecule has 4 heterocycles. The Bertz CT molecular complexity index is 1040. The Kier molecular flexibility index (Phi) is 3.68. The number of fused-ring (bicyclic) bond motifs is 1. The Morgan fingerprint density at radius 1 is 1.11 bits per heavy atom. The number of hydrogen-bond acceptors (Lipinski definition) is 6. The molecule has 0 aliphatic carbocycles. The van der Waals surface area contributed by atoms with E-state index in [9.17, 15) is 9.59 Å². The Morgan fingerprint density at radius 3 is 2.78 bits per heavy atom. The average Bonchev–Trinajstić information content (AvgIpc) is 3.47. The zero-order chi connectivity index (χ0) is 18.4. The summed E-state index contributed by atoms with van der Waals surface area (Å²) in [6.45, 7) is 0.196. The van der Waals surface area contributed by atoms with Crippen molar-refractivity contribution >= 4 is 34.4 Å². The van der Waals surface area contributed by atoms with Crippen LogP contribution in [0.3, 0.4) is 0 Å². The van der Waals surface area contributed by atoms with Crippen LogP contribution in [0.15, 0.2) is 69.7 Å². The molecule has 0 radical (unpaired) electrons. The Morgan fingerprint density at radius 2 is 2.00 bits per heavy atom. The van der Waals surface area contributed by atoms with Gasteiger partial charge >= 0.3 is 5.91 Å². The number of furan rings is 1. The summed E-state index contributed by atoms with van der Waals surface area (Å²) >= 11 is 1.63. The predicted molar refractivity (Wildman–Crippen MR) is 102 cm³/mol. The molecule has 0 bridgehead atoms. The quantitative estimate of drug-likeness (QED) is 0.651. The first-order valence-corrected chi connectivity index (χ1v) is 9.47. The van der Waals surface area contributed by atoms with E-state index in [1.165, 1.54) is 4.90 Å². The first kappa shape index (κ1) is 16.0. The maximum Gasteiger partial charge on any atom is 0.301 e. The molecule has 5 rings (SSSR count). The normalized spacial score (nSPS) is 19.0. The summed E-state index contributed by atoms with van der Waals surface area (Å²) in [6, 6.07) is 14.7. The lowest BCUT2D eigenvalue weighted by Crippen LogP contribution is -2.39. The molecule has 0 N–H and O–H groups in total. The molecule has 1 atom stereocenters. The molecule has 2 aliphatic heterocycles. The molecule has 0 saturated carbocycles. The van der Waals surface area contributed by atoms with E-state index in [1.807, 2.05) is 40.7 Å². The second kappa shape index (κ2) is 6.21. The maximum absolute atomic E-state index is 12.5. The van der Waals surface area contributed by atoms with E-state index < -0.39 is 11.7 Å². The zero-order valence-corrected chi connectivity index (χ0v) is 15.1. The van der Waals surface area contributed by atoms with Crippen molar-refractivity contribution in [1.82, 2.24) is 5.01 Å². The van der Waals surface area contributed by atoms with Crippen LogP contribution in [0.4, 0.5) is 5.69 Å². The molecule has 0 saturated heterocycles. The van der Waals surface area contributed by atoms with E-state index in [4.69, 9.17) is 9.52 Å². The molecular formula is C20H15N3O3S. The van der Waals surface area contributed by atoms with E-state index in [2.05, 4.69) is 0 Å². The summed E-state index contributed by atoms with van der Waals surface area (Å²) in [5, 5.41) is 8.61. The summed E-state index contributed by atoms with van der Waals surface area (Å²) in [6.07, 6.45) is 2.32. The number of hydrogen-bond donors (Lipinski definition) is 0. The maximum atomic E-state index is 12.5. The van der Waals surface area contributed by atoms with Crippen molar-refractivity contribution < 1.29 is 14.0 Å². The largest absolute Gasteiger partial charge is 0.467 e. The Hall–Kier alpha value is -3.19. The minimum absolute atomic E-state index is 0.118. The average molecular weight is 377 g/mol. The van der Waals surface area contributed by atoms with Crippen molar-refractivity contribution in [3.63, 3.8) is 0 Å². The SMILES string of the molecule is O=C1C(=O)N(CN2N=C(c3cccs3)C[C@H]2c2ccco2)c2ccccc21. The van der Waals surface area contributed by atoms with Crippen molar-refractivity contribution in [2.45, 2.75) is 12.5 Å². The highest BCUT2D eigenvalue weighted by molar-refractivity contribution is 7.12. The summed E-state index contributed by atoms with van der Waals surface area (Å²) in [5.41, 5.74) is 2.03. The summed E-state index contributed by atoms with van der Waals surface area (Å²) in [7, 11) is 0. The van der Waals surface area contributed by atoms with Crippen LogP contribution in [0, 0.1) is 0 Å². The van der Waals surface area contributed by atoms with Crippen molar-refractivity contribution in [3.8, 4) is 0 Å². The highest BCUT2D eigenvalue weighted by Crippen LogP contribution is 2.36. The van der Waals surface area contributed by atoms with Crippen molar-refractivity contribution in [3.05, 3.63) is 76.4 Å². The van der Waals surface area contributed by atoms with Crippen molar-refractivity contribution in [2.24, 2.45) is 5.10 Å². The lowest BCUT2D eigenvalue weighted by atomic mass is 10.1. The molecule has 3 aromatic rings. The number of nitrogens with zero attached hydrogens (tertiary/aromatic N) is 3. The van der Waals surface area contributed by atoms with Gasteiger partial charge in [-0.3, -0.25) is 19.5 Å². The smallest absolute Gasteiger partial charge is 0.301 e. The van der Waals surface area contributed by atoms with E-state index in [1.54, 1.807) is 35.8 Å². The summed E-state index contributed by atoms with van der Waals surface area (Å²) in [4.78, 5) is 27.4. The van der Waals surface area contributed by atoms with Crippen molar-refractivity contribution in [1.29, 1.82) is 0 Å². The summed E-state index contributed by atoms with van der Waals surface area (Å²) in [5.74, 6) is -0.201. The van der Waals surface area contributed by atoms with Gasteiger partial charge in [-0.1, -0.05) is 18.2 Å². The van der Waals surface area contributed by atoms with Gasteiger partial charge in [0.1, 0.15) is 18.5 Å². The van der Waals surface area contributed by atoms with Crippen LogP contribution in [-0.4, -0.2) is 29.1 Å². The molecule has 6 nitrogen and oxygen atoms in total. The van der Waals surface area contributed by atoms with Gasteiger partial charge in [0.15, 0.2) is 0 Å². The molecule has 0 unspecified atom stereocenters. The van der Waals surface area contributed by atoms with Gasteiger partial charge in [0.05, 0.1) is 28.1 Å². The standard InChI is InChI=1S/C20H15N3O3S/c24-19-13-5-1-2-6-15(13)22(20(19)25)12-23-16(17-7-3-9-26-17)11-14(21-23)18-8-4-10-27-18/h1-10,16H,11-12H2/t16-/m0/s1. The first-order valence-electron chi connectivity index (χ1n) is 8.59.